The highest BCUT2D eigenvalue weighted by Crippen LogP contribution is 2.38. The summed E-state index contributed by atoms with van der Waals surface area (Å²) in [7, 11) is 2.17. The van der Waals surface area contributed by atoms with Gasteiger partial charge in [0.05, 0.1) is 6.61 Å². The van der Waals surface area contributed by atoms with E-state index in [0.29, 0.717) is 11.5 Å². The van der Waals surface area contributed by atoms with Crippen LogP contribution in [0.15, 0.2) is 18.2 Å². The molecule has 19 heavy (non-hydrogen) atoms. The minimum atomic E-state index is 0.125. The predicted molar refractivity (Wildman–Crippen MR) is 81.5 cm³/mol. The molecule has 0 unspecified atom stereocenters. The molecule has 0 bridgehead atoms. The largest absolute Gasteiger partial charge is 0.392 e. The lowest BCUT2D eigenvalue weighted by Crippen LogP contribution is -2.37. The van der Waals surface area contributed by atoms with Crippen LogP contribution in [0, 0.1) is 12.3 Å². The average molecular weight is 261 g/mol. The molecular formula is C17H27NO. The standard InChI is InChI=1S/C17H27NO/c1-13-5-6-16(14(11-13)12-19)18(4)15-7-9-17(2,3)10-8-15/h5-6,11,15,19H,7-10,12H2,1-4H3. The lowest BCUT2D eigenvalue weighted by Gasteiger charge is -2.40. The third kappa shape index (κ3) is 3.30. The van der Waals surface area contributed by atoms with Crippen molar-refractivity contribution < 1.29 is 5.11 Å². The summed E-state index contributed by atoms with van der Waals surface area (Å²) in [5.74, 6) is 0. The lowest BCUT2D eigenvalue weighted by molar-refractivity contribution is 0.222. The van der Waals surface area contributed by atoms with Gasteiger partial charge in [0, 0.05) is 24.3 Å². The summed E-state index contributed by atoms with van der Waals surface area (Å²) in [6, 6.07) is 7.00. The summed E-state index contributed by atoms with van der Waals surface area (Å²) in [6.45, 7) is 6.94. The maximum atomic E-state index is 9.55. The SMILES string of the molecule is Cc1ccc(N(C)C2CCC(C)(C)CC2)c(CO)c1. The lowest BCUT2D eigenvalue weighted by atomic mass is 9.75. The quantitative estimate of drug-likeness (QED) is 0.892. The van der Waals surface area contributed by atoms with Gasteiger partial charge in [0.15, 0.2) is 0 Å². The Morgan fingerprint density at radius 2 is 1.89 bits per heavy atom. The maximum absolute atomic E-state index is 9.55. The number of nitrogens with zero attached hydrogens (tertiary/aromatic N) is 1. The highest BCUT2D eigenvalue weighted by Gasteiger charge is 2.29. The van der Waals surface area contributed by atoms with E-state index in [1.807, 2.05) is 0 Å². The van der Waals surface area contributed by atoms with Gasteiger partial charge in [0.1, 0.15) is 0 Å². The summed E-state index contributed by atoms with van der Waals surface area (Å²) >= 11 is 0. The summed E-state index contributed by atoms with van der Waals surface area (Å²) in [6.07, 6.45) is 5.09. The third-order valence-electron chi connectivity index (χ3n) is 4.64. The Morgan fingerprint density at radius 1 is 1.26 bits per heavy atom. The van der Waals surface area contributed by atoms with Crippen LogP contribution < -0.4 is 4.90 Å². The summed E-state index contributed by atoms with van der Waals surface area (Å²) in [4.78, 5) is 2.38. The molecule has 2 rings (SSSR count). The van der Waals surface area contributed by atoms with Gasteiger partial charge in [-0.25, -0.2) is 0 Å². The summed E-state index contributed by atoms with van der Waals surface area (Å²) < 4.78 is 0. The van der Waals surface area contributed by atoms with Crippen molar-refractivity contribution in [3.05, 3.63) is 29.3 Å². The molecule has 0 heterocycles. The van der Waals surface area contributed by atoms with E-state index in [1.54, 1.807) is 0 Å². The van der Waals surface area contributed by atoms with Crippen LogP contribution in [0.4, 0.5) is 5.69 Å². The van der Waals surface area contributed by atoms with E-state index in [9.17, 15) is 5.11 Å². The molecule has 0 amide bonds. The molecule has 0 aliphatic heterocycles. The van der Waals surface area contributed by atoms with Crippen LogP contribution in [-0.2, 0) is 6.61 Å². The zero-order chi connectivity index (χ0) is 14.0. The number of aliphatic hydroxyl groups excluding tert-OH is 1. The molecule has 0 aromatic heterocycles. The van der Waals surface area contributed by atoms with E-state index in [2.05, 4.69) is 50.9 Å². The van der Waals surface area contributed by atoms with E-state index in [1.165, 1.54) is 36.9 Å². The predicted octanol–water partition coefficient (Wildman–Crippen LogP) is 3.89. The van der Waals surface area contributed by atoms with Crippen molar-refractivity contribution in [3.8, 4) is 0 Å². The molecule has 0 saturated heterocycles. The van der Waals surface area contributed by atoms with E-state index >= 15 is 0 Å². The molecule has 0 spiro atoms. The van der Waals surface area contributed by atoms with Crippen LogP contribution in [0.25, 0.3) is 0 Å². The molecule has 1 fully saturated rings. The van der Waals surface area contributed by atoms with Gasteiger partial charge in [0.2, 0.25) is 0 Å². The highest BCUT2D eigenvalue weighted by atomic mass is 16.3. The summed E-state index contributed by atoms with van der Waals surface area (Å²) in [5, 5.41) is 9.55. The fourth-order valence-electron chi connectivity index (χ4n) is 3.15. The van der Waals surface area contributed by atoms with Crippen molar-refractivity contribution in [1.82, 2.24) is 0 Å². The minimum absolute atomic E-state index is 0.125. The maximum Gasteiger partial charge on any atom is 0.0702 e. The number of anilines is 1. The normalized spacial score (nSPS) is 19.4. The van der Waals surface area contributed by atoms with E-state index in [-0.39, 0.29) is 6.61 Å². The average Bonchev–Trinajstić information content (AvgIpc) is 2.37. The number of rotatable bonds is 3. The van der Waals surface area contributed by atoms with E-state index < -0.39 is 0 Å². The molecule has 0 radical (unpaired) electrons. The van der Waals surface area contributed by atoms with E-state index in [0.717, 1.165) is 5.56 Å². The van der Waals surface area contributed by atoms with Crippen LogP contribution in [0.3, 0.4) is 0 Å². The van der Waals surface area contributed by atoms with Gasteiger partial charge < -0.3 is 10.0 Å². The second-order valence-electron chi connectivity index (χ2n) is 6.80. The zero-order valence-corrected chi connectivity index (χ0v) is 12.7. The molecule has 1 aromatic rings. The summed E-state index contributed by atoms with van der Waals surface area (Å²) in [5.41, 5.74) is 3.96. The zero-order valence-electron chi connectivity index (χ0n) is 12.7. The molecular weight excluding hydrogens is 234 g/mol. The first-order valence-electron chi connectivity index (χ1n) is 7.36. The van der Waals surface area contributed by atoms with Gasteiger partial charge in [-0.05, 0) is 44.1 Å². The van der Waals surface area contributed by atoms with Crippen molar-refractivity contribution in [2.75, 3.05) is 11.9 Å². The van der Waals surface area contributed by atoms with E-state index in [4.69, 9.17) is 0 Å². The Bertz CT molecular complexity index is 429. The van der Waals surface area contributed by atoms with Crippen molar-refractivity contribution in [2.45, 2.75) is 59.1 Å². The smallest absolute Gasteiger partial charge is 0.0702 e. The molecule has 0 atom stereocenters. The second kappa shape index (κ2) is 5.54. The van der Waals surface area contributed by atoms with Crippen molar-refractivity contribution >= 4 is 5.69 Å². The number of hydrogen-bond donors (Lipinski definition) is 1. The van der Waals surface area contributed by atoms with Gasteiger partial charge in [-0.15, -0.1) is 0 Å². The Kier molecular flexibility index (Phi) is 4.19. The van der Waals surface area contributed by atoms with Gasteiger partial charge in [-0.2, -0.15) is 0 Å². The van der Waals surface area contributed by atoms with Crippen LogP contribution in [0.5, 0.6) is 0 Å². The van der Waals surface area contributed by atoms with Crippen molar-refractivity contribution in [1.29, 1.82) is 0 Å². The molecule has 1 N–H and O–H groups in total. The molecule has 1 aromatic carbocycles. The van der Waals surface area contributed by atoms with Gasteiger partial charge in [-0.1, -0.05) is 31.5 Å². The third-order valence-corrected chi connectivity index (χ3v) is 4.64. The van der Waals surface area contributed by atoms with Gasteiger partial charge in [0.25, 0.3) is 0 Å². The number of aliphatic hydroxyl groups is 1. The minimum Gasteiger partial charge on any atom is -0.392 e. The Morgan fingerprint density at radius 3 is 2.47 bits per heavy atom. The molecule has 1 saturated carbocycles. The monoisotopic (exact) mass is 261 g/mol. The molecule has 1 aliphatic rings. The first kappa shape index (κ1) is 14.4. The fourth-order valence-corrected chi connectivity index (χ4v) is 3.15. The Balaban J connectivity index is 2.14. The fraction of sp³-hybridized carbons (Fsp3) is 0.647. The topological polar surface area (TPSA) is 23.5 Å². The van der Waals surface area contributed by atoms with Gasteiger partial charge in [-0.3, -0.25) is 0 Å². The first-order valence-corrected chi connectivity index (χ1v) is 7.36. The number of aryl methyl sites for hydroxylation is 1. The van der Waals surface area contributed by atoms with Crippen molar-refractivity contribution in [3.63, 3.8) is 0 Å². The van der Waals surface area contributed by atoms with Crippen LogP contribution in [0.1, 0.15) is 50.7 Å². The van der Waals surface area contributed by atoms with Crippen LogP contribution in [0.2, 0.25) is 0 Å². The second-order valence-corrected chi connectivity index (χ2v) is 6.80. The number of benzene rings is 1. The molecule has 2 heteroatoms. The van der Waals surface area contributed by atoms with Crippen LogP contribution in [-0.4, -0.2) is 18.2 Å². The Hall–Kier alpha value is -1.02. The number of hydrogen-bond acceptors (Lipinski definition) is 2. The van der Waals surface area contributed by atoms with Crippen molar-refractivity contribution in [2.24, 2.45) is 5.41 Å². The Labute approximate surface area is 117 Å². The molecule has 106 valence electrons. The molecule has 1 aliphatic carbocycles. The molecule has 2 nitrogen and oxygen atoms in total. The first-order chi connectivity index (χ1) is 8.93. The van der Waals surface area contributed by atoms with Crippen LogP contribution >= 0.6 is 0 Å². The van der Waals surface area contributed by atoms with Gasteiger partial charge >= 0.3 is 0 Å². The highest BCUT2D eigenvalue weighted by molar-refractivity contribution is 5.55.